The summed E-state index contributed by atoms with van der Waals surface area (Å²) in [5.74, 6) is -0.412. The van der Waals surface area contributed by atoms with Gasteiger partial charge in [-0.3, -0.25) is 9.59 Å². The summed E-state index contributed by atoms with van der Waals surface area (Å²) in [6, 6.07) is 0.150. The fourth-order valence-electron chi connectivity index (χ4n) is 3.50. The Bertz CT molecular complexity index is 449. The normalized spacial score (nSPS) is 29.1. The van der Waals surface area contributed by atoms with Crippen LogP contribution in [0.15, 0.2) is 10.6 Å². The van der Waals surface area contributed by atoms with Crippen LogP contribution in [0.2, 0.25) is 0 Å². The number of thioether (sulfide) groups is 1. The van der Waals surface area contributed by atoms with Crippen molar-refractivity contribution in [1.82, 2.24) is 4.90 Å². The second-order valence-electron chi connectivity index (χ2n) is 5.91. The Morgan fingerprint density at radius 1 is 1.24 bits per heavy atom. The number of ether oxygens (including phenoxy) is 2. The lowest BCUT2D eigenvalue weighted by molar-refractivity contribution is -0.183. The van der Waals surface area contributed by atoms with Crippen LogP contribution in [0.3, 0.4) is 0 Å². The maximum absolute atomic E-state index is 11.6. The Labute approximate surface area is 129 Å². The summed E-state index contributed by atoms with van der Waals surface area (Å²) >= 11 is 1.56. The number of allylic oxidation sites excluding steroid dienone is 2. The van der Waals surface area contributed by atoms with Gasteiger partial charge in [-0.15, -0.1) is 11.8 Å². The topological polar surface area (TPSA) is 55.8 Å². The molecule has 1 atom stereocenters. The third kappa shape index (κ3) is 2.89. The van der Waals surface area contributed by atoms with Gasteiger partial charge in [0.2, 0.25) is 6.41 Å². The van der Waals surface area contributed by atoms with E-state index in [1.54, 1.807) is 16.7 Å². The molecule has 0 aromatic carbocycles. The van der Waals surface area contributed by atoms with E-state index in [1.807, 2.05) is 0 Å². The lowest BCUT2D eigenvalue weighted by Gasteiger charge is -2.39. The van der Waals surface area contributed by atoms with Crippen molar-refractivity contribution >= 4 is 24.5 Å². The van der Waals surface area contributed by atoms with Gasteiger partial charge >= 0.3 is 0 Å². The van der Waals surface area contributed by atoms with E-state index >= 15 is 0 Å². The molecule has 3 rings (SSSR count). The molecule has 3 aliphatic rings. The monoisotopic (exact) mass is 311 g/mol. The van der Waals surface area contributed by atoms with Gasteiger partial charge in [0.25, 0.3) is 0 Å². The molecule has 1 aliphatic carbocycles. The minimum absolute atomic E-state index is 0.150. The van der Waals surface area contributed by atoms with Crippen molar-refractivity contribution in [2.45, 2.75) is 56.1 Å². The molecule has 5 nitrogen and oxygen atoms in total. The molecule has 0 N–H and O–H groups in total. The Balaban J connectivity index is 1.70. The number of carbonyl (C=O) groups excluding carboxylic acids is 2. The standard InChI is InChI=1S/C15H21NO4S/c1-11-8-13(14(9-17)21-11)16(10-18)12-2-4-15(5-3-12)19-6-7-20-15/h9-12H,2-8H2,1H3. The number of carbonyl (C=O) groups is 2. The van der Waals surface area contributed by atoms with Crippen molar-refractivity contribution < 1.29 is 19.1 Å². The van der Waals surface area contributed by atoms with Crippen LogP contribution in [0.25, 0.3) is 0 Å². The van der Waals surface area contributed by atoms with Crippen LogP contribution in [0.1, 0.15) is 39.0 Å². The smallest absolute Gasteiger partial charge is 0.214 e. The third-order valence-corrected chi connectivity index (χ3v) is 5.70. The molecule has 2 aliphatic heterocycles. The van der Waals surface area contributed by atoms with Gasteiger partial charge in [-0.1, -0.05) is 6.92 Å². The van der Waals surface area contributed by atoms with Gasteiger partial charge in [0.1, 0.15) is 0 Å². The average molecular weight is 311 g/mol. The highest BCUT2D eigenvalue weighted by Gasteiger charge is 2.42. The molecule has 6 heteroatoms. The number of nitrogens with zero attached hydrogens (tertiary/aromatic N) is 1. The third-order valence-electron chi connectivity index (χ3n) is 4.55. The summed E-state index contributed by atoms with van der Waals surface area (Å²) in [6.07, 6.45) is 5.89. The quantitative estimate of drug-likeness (QED) is 0.744. The largest absolute Gasteiger partial charge is 0.348 e. The van der Waals surface area contributed by atoms with Crippen molar-refractivity contribution in [3.8, 4) is 0 Å². The SMILES string of the molecule is CC1CC(N(C=O)C2CCC3(CC2)OCCO3)=C(C=O)S1. The highest BCUT2D eigenvalue weighted by atomic mass is 32.2. The lowest BCUT2D eigenvalue weighted by atomic mass is 9.89. The maximum Gasteiger partial charge on any atom is 0.214 e. The van der Waals surface area contributed by atoms with Gasteiger partial charge in [-0.2, -0.15) is 0 Å². The maximum atomic E-state index is 11.6. The van der Waals surface area contributed by atoms with Crippen LogP contribution in [0.4, 0.5) is 0 Å². The first-order valence-electron chi connectivity index (χ1n) is 7.54. The van der Waals surface area contributed by atoms with Crippen LogP contribution in [-0.2, 0) is 19.1 Å². The highest BCUT2D eigenvalue weighted by molar-refractivity contribution is 8.04. The Kier molecular flexibility index (Phi) is 4.38. The van der Waals surface area contributed by atoms with Crippen molar-refractivity contribution in [3.05, 3.63) is 10.6 Å². The fraction of sp³-hybridized carbons (Fsp3) is 0.733. The number of rotatable bonds is 4. The van der Waals surface area contributed by atoms with Crippen LogP contribution in [0.5, 0.6) is 0 Å². The van der Waals surface area contributed by atoms with Crippen LogP contribution in [-0.4, -0.2) is 47.9 Å². The van der Waals surface area contributed by atoms with Crippen molar-refractivity contribution in [3.63, 3.8) is 0 Å². The minimum Gasteiger partial charge on any atom is -0.348 e. The predicted molar refractivity (Wildman–Crippen MR) is 79.6 cm³/mol. The Morgan fingerprint density at radius 2 is 1.90 bits per heavy atom. The molecule has 1 amide bonds. The molecule has 1 unspecified atom stereocenters. The molecule has 2 heterocycles. The van der Waals surface area contributed by atoms with Crippen molar-refractivity contribution in [1.29, 1.82) is 0 Å². The summed E-state index contributed by atoms with van der Waals surface area (Å²) in [5.41, 5.74) is 0.895. The minimum atomic E-state index is -0.412. The van der Waals surface area contributed by atoms with E-state index in [1.165, 1.54) is 0 Å². The zero-order chi connectivity index (χ0) is 14.9. The van der Waals surface area contributed by atoms with Gasteiger partial charge < -0.3 is 14.4 Å². The number of hydrogen-bond donors (Lipinski definition) is 0. The summed E-state index contributed by atoms with van der Waals surface area (Å²) in [5, 5.41) is 0.360. The van der Waals surface area contributed by atoms with E-state index in [0.29, 0.717) is 23.4 Å². The van der Waals surface area contributed by atoms with Crippen LogP contribution < -0.4 is 0 Å². The first-order chi connectivity index (χ1) is 10.2. The molecule has 0 aromatic heterocycles. The molecular weight excluding hydrogens is 290 g/mol. The molecule has 1 saturated carbocycles. The number of hydrogen-bond acceptors (Lipinski definition) is 5. The molecule has 0 aromatic rings. The molecule has 0 bridgehead atoms. The summed E-state index contributed by atoms with van der Waals surface area (Å²) in [4.78, 5) is 25.3. The van der Waals surface area contributed by atoms with Crippen molar-refractivity contribution in [2.75, 3.05) is 13.2 Å². The zero-order valence-electron chi connectivity index (χ0n) is 12.2. The number of amides is 1. The first-order valence-corrected chi connectivity index (χ1v) is 8.42. The molecule has 2 fully saturated rings. The summed E-state index contributed by atoms with van der Waals surface area (Å²) in [7, 11) is 0. The lowest BCUT2D eigenvalue weighted by Crippen LogP contribution is -2.43. The van der Waals surface area contributed by atoms with E-state index < -0.39 is 5.79 Å². The van der Waals surface area contributed by atoms with Gasteiger partial charge in [-0.05, 0) is 12.8 Å². The van der Waals surface area contributed by atoms with Gasteiger partial charge in [0.15, 0.2) is 12.1 Å². The van der Waals surface area contributed by atoms with Crippen molar-refractivity contribution in [2.24, 2.45) is 0 Å². The van der Waals surface area contributed by atoms with Gasteiger partial charge in [-0.25, -0.2) is 0 Å². The van der Waals surface area contributed by atoms with Gasteiger partial charge in [0.05, 0.1) is 18.1 Å². The predicted octanol–water partition coefficient (Wildman–Crippen LogP) is 2.07. The molecule has 0 radical (unpaired) electrons. The van der Waals surface area contributed by atoms with E-state index in [0.717, 1.165) is 50.5 Å². The highest BCUT2D eigenvalue weighted by Crippen LogP contribution is 2.42. The second kappa shape index (κ2) is 6.10. The Hall–Kier alpha value is -0.850. The van der Waals surface area contributed by atoms with Crippen LogP contribution >= 0.6 is 11.8 Å². The molecule has 21 heavy (non-hydrogen) atoms. The fourth-order valence-corrected chi connectivity index (χ4v) is 4.56. The summed E-state index contributed by atoms with van der Waals surface area (Å²) < 4.78 is 11.5. The van der Waals surface area contributed by atoms with E-state index in [9.17, 15) is 9.59 Å². The summed E-state index contributed by atoms with van der Waals surface area (Å²) in [6.45, 7) is 3.41. The van der Waals surface area contributed by atoms with E-state index in [-0.39, 0.29) is 6.04 Å². The average Bonchev–Trinajstić information content (AvgIpc) is 3.09. The molecule has 1 spiro atoms. The second-order valence-corrected chi connectivity index (χ2v) is 7.39. The zero-order valence-corrected chi connectivity index (χ0v) is 13.1. The first kappa shape index (κ1) is 15.1. The number of aldehydes is 1. The van der Waals surface area contributed by atoms with Crippen LogP contribution in [0, 0.1) is 0 Å². The van der Waals surface area contributed by atoms with Gasteiger partial charge in [0, 0.05) is 36.3 Å². The Morgan fingerprint density at radius 3 is 2.48 bits per heavy atom. The molecular formula is C15H21NO4S. The molecule has 116 valence electrons. The van der Waals surface area contributed by atoms with E-state index in [2.05, 4.69) is 6.92 Å². The molecule has 1 saturated heterocycles. The van der Waals surface area contributed by atoms with E-state index in [4.69, 9.17) is 9.47 Å².